The van der Waals surface area contributed by atoms with Crippen LogP contribution in [0.2, 0.25) is 10.0 Å². The molecule has 6 nitrogen and oxygen atoms in total. The van der Waals surface area contributed by atoms with E-state index in [1.165, 1.54) is 5.56 Å². The Bertz CT molecular complexity index is 825. The number of nitrogens with one attached hydrogen (secondary N) is 1. The molecule has 0 aromatic heterocycles. The largest absolute Gasteiger partial charge is 0.489 e. The molecule has 1 heterocycles. The van der Waals surface area contributed by atoms with E-state index < -0.39 is 12.1 Å². The first kappa shape index (κ1) is 24.3. The van der Waals surface area contributed by atoms with E-state index >= 15 is 0 Å². The number of benzene rings is 2. The molecule has 2 aromatic carbocycles. The number of nitrogens with two attached hydrogens (primary N) is 1. The van der Waals surface area contributed by atoms with Gasteiger partial charge in [-0.05, 0) is 67.7 Å². The zero-order chi connectivity index (χ0) is 20.8. The molecular weight excluding hydrogens is 425 g/mol. The summed E-state index contributed by atoms with van der Waals surface area (Å²) in [4.78, 5) is 13.5. The summed E-state index contributed by atoms with van der Waals surface area (Å²) in [7, 11) is 0. The van der Waals surface area contributed by atoms with Crippen LogP contribution in [0.1, 0.15) is 25.8 Å². The molecule has 4 N–H and O–H groups in total. The number of piperidine rings is 1. The third-order valence-electron chi connectivity index (χ3n) is 5.10. The third kappa shape index (κ3) is 7.06. The van der Waals surface area contributed by atoms with Crippen LogP contribution in [0.5, 0.6) is 5.75 Å². The second-order valence-corrected chi connectivity index (χ2v) is 8.12. The first-order valence-corrected chi connectivity index (χ1v) is 10.3. The van der Waals surface area contributed by atoms with Crippen molar-refractivity contribution in [3.63, 3.8) is 0 Å². The van der Waals surface area contributed by atoms with E-state index in [1.54, 1.807) is 18.2 Å². The third-order valence-corrected chi connectivity index (χ3v) is 5.59. The van der Waals surface area contributed by atoms with Gasteiger partial charge in [-0.1, -0.05) is 42.8 Å². The summed E-state index contributed by atoms with van der Waals surface area (Å²) >= 11 is 11.9. The summed E-state index contributed by atoms with van der Waals surface area (Å²) in [5.41, 5.74) is 6.80. The number of anilines is 1. The van der Waals surface area contributed by atoms with Gasteiger partial charge in [-0.25, -0.2) is 4.79 Å². The molecule has 0 spiro atoms. The van der Waals surface area contributed by atoms with Crippen LogP contribution >= 0.6 is 23.2 Å². The quantitative estimate of drug-likeness (QED) is 0.562. The molecule has 0 saturated carbocycles. The van der Waals surface area contributed by atoms with Crippen LogP contribution in [0.4, 0.5) is 10.5 Å². The summed E-state index contributed by atoms with van der Waals surface area (Å²) < 4.78 is 5.74. The highest BCUT2D eigenvalue weighted by atomic mass is 35.5. The van der Waals surface area contributed by atoms with Gasteiger partial charge in [-0.15, -0.1) is 0 Å². The Morgan fingerprint density at radius 2 is 1.80 bits per heavy atom. The van der Waals surface area contributed by atoms with Crippen molar-refractivity contribution in [1.29, 1.82) is 0 Å². The number of hydrogen-bond donors (Lipinski definition) is 3. The van der Waals surface area contributed by atoms with E-state index in [0.717, 1.165) is 37.5 Å². The molecule has 1 aliphatic heterocycles. The molecule has 0 radical (unpaired) electrons. The lowest BCUT2D eigenvalue weighted by molar-refractivity contribution is 0.0247. The second-order valence-electron chi connectivity index (χ2n) is 7.25. The van der Waals surface area contributed by atoms with Crippen LogP contribution in [-0.4, -0.2) is 41.8 Å². The van der Waals surface area contributed by atoms with E-state index in [0.29, 0.717) is 16.5 Å². The van der Waals surface area contributed by atoms with Gasteiger partial charge >= 0.3 is 6.03 Å². The van der Waals surface area contributed by atoms with E-state index in [2.05, 4.69) is 10.2 Å². The first-order chi connectivity index (χ1) is 13.9. The van der Waals surface area contributed by atoms with Gasteiger partial charge in [0.2, 0.25) is 0 Å². The van der Waals surface area contributed by atoms with Gasteiger partial charge in [0.25, 0.3) is 0 Å². The minimum absolute atomic E-state index is 0. The van der Waals surface area contributed by atoms with Crippen molar-refractivity contribution in [1.82, 2.24) is 4.90 Å². The number of nitrogens with zero attached hydrogens (tertiary/aromatic N) is 1. The average molecular weight is 454 g/mol. The van der Waals surface area contributed by atoms with Crippen LogP contribution in [0, 0.1) is 5.92 Å². The van der Waals surface area contributed by atoms with E-state index in [9.17, 15) is 9.90 Å². The Balaban J connectivity index is 0.00000320. The highest BCUT2D eigenvalue weighted by molar-refractivity contribution is 6.31. The number of aliphatic hydroxyl groups is 1. The Morgan fingerprint density at radius 3 is 2.43 bits per heavy atom. The van der Waals surface area contributed by atoms with Crippen LogP contribution in [-0.2, 0) is 6.54 Å². The van der Waals surface area contributed by atoms with Gasteiger partial charge in [0.1, 0.15) is 12.4 Å². The topological polar surface area (TPSA) is 87.8 Å². The average Bonchev–Trinajstić information content (AvgIpc) is 2.69. The summed E-state index contributed by atoms with van der Waals surface area (Å²) in [6.07, 6.45) is 1.20. The highest BCUT2D eigenvalue weighted by Gasteiger charge is 2.26. The van der Waals surface area contributed by atoms with Gasteiger partial charge in [0.15, 0.2) is 0 Å². The van der Waals surface area contributed by atoms with Crippen molar-refractivity contribution in [2.24, 2.45) is 11.7 Å². The van der Waals surface area contributed by atoms with Crippen molar-refractivity contribution in [3.05, 3.63) is 58.1 Å². The van der Waals surface area contributed by atoms with Crippen LogP contribution in [0.25, 0.3) is 0 Å². The number of carbonyl (C=O) groups excluding carboxylic acids is 1. The van der Waals surface area contributed by atoms with Crippen LogP contribution in [0.15, 0.2) is 42.5 Å². The molecule has 1 fully saturated rings. The number of primary amides is 1. The van der Waals surface area contributed by atoms with Gasteiger partial charge in [0.05, 0.1) is 11.8 Å². The number of halogens is 2. The lowest BCUT2D eigenvalue weighted by atomic mass is 9.91. The molecule has 1 aliphatic rings. The maximum atomic E-state index is 11.1. The zero-order valence-corrected chi connectivity index (χ0v) is 17.5. The van der Waals surface area contributed by atoms with Crippen molar-refractivity contribution in [3.8, 4) is 5.75 Å². The maximum Gasteiger partial charge on any atom is 0.316 e. The van der Waals surface area contributed by atoms with Crippen molar-refractivity contribution in [2.75, 3.05) is 25.0 Å². The molecule has 2 amide bonds. The first-order valence-electron chi connectivity index (χ1n) is 9.54. The monoisotopic (exact) mass is 453 g/mol. The Kier molecular flexibility index (Phi) is 9.24. The summed E-state index contributed by atoms with van der Waals surface area (Å²) in [5.74, 6) is 0.587. The van der Waals surface area contributed by atoms with Crippen molar-refractivity contribution < 1.29 is 14.6 Å². The number of likely N-dealkylation sites (tertiary alicyclic amines) is 1. The molecule has 3 rings (SSSR count). The number of urea groups is 1. The molecule has 8 heteroatoms. The summed E-state index contributed by atoms with van der Waals surface area (Å²) in [6.45, 7) is 2.85. The molecule has 1 atom stereocenters. The summed E-state index contributed by atoms with van der Waals surface area (Å²) in [6, 6.07) is 12.1. The normalized spacial score (nSPS) is 15.8. The molecular formula is C22H29Cl2N3O3. The van der Waals surface area contributed by atoms with E-state index in [-0.39, 0.29) is 20.0 Å². The number of ether oxygens (including phenoxy) is 1. The standard InChI is InChI=1S/C21H25Cl2N3O3.CH4/c22-16-3-1-14(2-4-16)12-26-9-7-15(8-10-26)19(27)13-29-20-6-5-17(23)11-18(20)25-21(24)28;/h1-6,11,15,19,27H,7-10,12-13H2,(H3,24,25,28);1H4. The van der Waals surface area contributed by atoms with Crippen LogP contribution < -0.4 is 15.8 Å². The van der Waals surface area contributed by atoms with Gasteiger partial charge < -0.3 is 20.9 Å². The minimum atomic E-state index is -0.703. The van der Waals surface area contributed by atoms with Crippen molar-refractivity contribution >= 4 is 34.9 Å². The smallest absolute Gasteiger partial charge is 0.316 e. The Morgan fingerprint density at radius 1 is 1.17 bits per heavy atom. The lowest BCUT2D eigenvalue weighted by Crippen LogP contribution is -2.39. The van der Waals surface area contributed by atoms with E-state index in [4.69, 9.17) is 33.7 Å². The number of aliphatic hydroxyl groups excluding tert-OH is 1. The Labute approximate surface area is 187 Å². The van der Waals surface area contributed by atoms with Gasteiger partial charge in [-0.2, -0.15) is 0 Å². The summed E-state index contributed by atoms with van der Waals surface area (Å²) in [5, 5.41) is 14.3. The van der Waals surface area contributed by atoms with E-state index in [1.807, 2.05) is 24.3 Å². The predicted octanol–water partition coefficient (Wildman–Crippen LogP) is 4.77. The van der Waals surface area contributed by atoms with Crippen molar-refractivity contribution in [2.45, 2.75) is 32.9 Å². The highest BCUT2D eigenvalue weighted by Crippen LogP contribution is 2.29. The molecule has 30 heavy (non-hydrogen) atoms. The molecule has 164 valence electrons. The second kappa shape index (κ2) is 11.4. The number of amides is 2. The number of carbonyl (C=O) groups is 1. The fraction of sp³-hybridized carbons (Fsp3) is 0.409. The van der Waals surface area contributed by atoms with Crippen LogP contribution in [0.3, 0.4) is 0 Å². The fourth-order valence-electron chi connectivity index (χ4n) is 3.51. The molecule has 1 saturated heterocycles. The lowest BCUT2D eigenvalue weighted by Gasteiger charge is -2.34. The molecule has 1 unspecified atom stereocenters. The number of rotatable bonds is 7. The zero-order valence-electron chi connectivity index (χ0n) is 16.0. The molecule has 2 aromatic rings. The Hall–Kier alpha value is -1.99. The predicted molar refractivity (Wildman–Crippen MR) is 122 cm³/mol. The maximum absolute atomic E-state index is 11.1. The molecule has 0 aliphatic carbocycles. The fourth-order valence-corrected chi connectivity index (χ4v) is 3.81. The minimum Gasteiger partial charge on any atom is -0.489 e. The van der Waals surface area contributed by atoms with Gasteiger partial charge in [-0.3, -0.25) is 4.90 Å². The molecule has 0 bridgehead atoms. The SMILES string of the molecule is C.NC(=O)Nc1cc(Cl)ccc1OCC(O)C1CCN(Cc2ccc(Cl)cc2)CC1. The number of hydrogen-bond acceptors (Lipinski definition) is 4. The van der Waals surface area contributed by atoms with Gasteiger partial charge in [0, 0.05) is 16.6 Å².